The number of rotatable bonds is 6. The molecule has 1 aromatic carbocycles. The van der Waals surface area contributed by atoms with Gasteiger partial charge in [-0.25, -0.2) is 12.8 Å². The minimum atomic E-state index is -3.97. The molecule has 8 heteroatoms. The van der Waals surface area contributed by atoms with Crippen molar-refractivity contribution in [2.45, 2.75) is 31.3 Å². The van der Waals surface area contributed by atoms with E-state index >= 15 is 0 Å². The van der Waals surface area contributed by atoms with E-state index in [4.69, 9.17) is 0 Å². The van der Waals surface area contributed by atoms with Gasteiger partial charge >= 0.3 is 0 Å². The Morgan fingerprint density at radius 2 is 2.14 bits per heavy atom. The number of hydrogen-bond donors (Lipinski definition) is 3. The molecule has 0 aliphatic heterocycles. The van der Waals surface area contributed by atoms with Crippen molar-refractivity contribution in [2.75, 3.05) is 4.72 Å². The molecule has 0 radical (unpaired) electrons. The zero-order chi connectivity index (χ0) is 15.5. The third-order valence-corrected chi connectivity index (χ3v) is 4.17. The molecule has 0 unspecified atom stereocenters. The molecule has 21 heavy (non-hydrogen) atoms. The quantitative estimate of drug-likeness (QED) is 0.759. The molecule has 0 aliphatic rings. The van der Waals surface area contributed by atoms with Crippen LogP contribution in [0.5, 0.6) is 0 Å². The van der Waals surface area contributed by atoms with Crippen molar-refractivity contribution >= 4 is 15.7 Å². The van der Waals surface area contributed by atoms with E-state index < -0.39 is 20.7 Å². The molecule has 6 nitrogen and oxygen atoms in total. The van der Waals surface area contributed by atoms with Crippen LogP contribution in [0.3, 0.4) is 0 Å². The highest BCUT2D eigenvalue weighted by Gasteiger charge is 2.19. The Balaban J connectivity index is 2.20. The number of aromatic amines is 1. The van der Waals surface area contributed by atoms with Crippen molar-refractivity contribution in [3.63, 3.8) is 0 Å². The summed E-state index contributed by atoms with van der Waals surface area (Å²) in [6.45, 7) is 4.43. The van der Waals surface area contributed by atoms with Crippen molar-refractivity contribution in [1.82, 2.24) is 15.5 Å². The molecule has 0 saturated heterocycles. The fourth-order valence-electron chi connectivity index (χ4n) is 1.71. The average Bonchev–Trinajstić information content (AvgIpc) is 2.88. The second-order valence-corrected chi connectivity index (χ2v) is 6.54. The lowest BCUT2D eigenvalue weighted by molar-refractivity contribution is 0.560. The highest BCUT2D eigenvalue weighted by molar-refractivity contribution is 7.92. The van der Waals surface area contributed by atoms with Gasteiger partial charge in [-0.05, 0) is 17.7 Å². The lowest BCUT2D eigenvalue weighted by Gasteiger charge is -2.10. The molecule has 0 bridgehead atoms. The Kier molecular flexibility index (Phi) is 4.59. The summed E-state index contributed by atoms with van der Waals surface area (Å²) in [5.41, 5.74) is 0.934. The maximum atomic E-state index is 14.0. The Hall–Kier alpha value is -1.93. The topological polar surface area (TPSA) is 86.9 Å². The smallest absolute Gasteiger partial charge is 0.264 e. The number of aromatic nitrogens is 2. The molecule has 2 aromatic rings. The van der Waals surface area contributed by atoms with Gasteiger partial charge < -0.3 is 5.32 Å². The molecule has 3 N–H and O–H groups in total. The molecule has 0 saturated carbocycles. The first-order valence-electron chi connectivity index (χ1n) is 6.42. The van der Waals surface area contributed by atoms with Crippen LogP contribution in [0.1, 0.15) is 19.4 Å². The number of hydrogen-bond acceptors (Lipinski definition) is 4. The average molecular weight is 312 g/mol. The van der Waals surface area contributed by atoms with Crippen LogP contribution >= 0.6 is 0 Å². The standard InChI is InChI=1S/C13H17FN4O2S/c1-9(2)15-6-10-3-4-13(12(14)5-10)21(19,20)18-11-7-16-17-8-11/h3-5,7-9,15,18H,6H2,1-2H3,(H,16,17). The van der Waals surface area contributed by atoms with E-state index in [1.807, 2.05) is 13.8 Å². The van der Waals surface area contributed by atoms with Gasteiger partial charge in [0.15, 0.2) is 0 Å². The summed E-state index contributed by atoms with van der Waals surface area (Å²) in [4.78, 5) is -0.392. The van der Waals surface area contributed by atoms with Crippen LogP contribution in [-0.2, 0) is 16.6 Å². The highest BCUT2D eigenvalue weighted by atomic mass is 32.2. The highest BCUT2D eigenvalue weighted by Crippen LogP contribution is 2.19. The van der Waals surface area contributed by atoms with E-state index in [0.29, 0.717) is 12.1 Å². The van der Waals surface area contributed by atoms with Crippen LogP contribution in [0.25, 0.3) is 0 Å². The van der Waals surface area contributed by atoms with E-state index in [1.165, 1.54) is 24.5 Å². The molecule has 2 rings (SSSR count). The number of halogens is 1. The van der Waals surface area contributed by atoms with Crippen LogP contribution < -0.4 is 10.0 Å². The van der Waals surface area contributed by atoms with Crippen LogP contribution in [0, 0.1) is 5.82 Å². The van der Waals surface area contributed by atoms with Crippen molar-refractivity contribution in [3.8, 4) is 0 Å². The van der Waals surface area contributed by atoms with Gasteiger partial charge in [0.2, 0.25) is 0 Å². The van der Waals surface area contributed by atoms with E-state index in [0.717, 1.165) is 0 Å². The number of H-pyrrole nitrogens is 1. The van der Waals surface area contributed by atoms with Gasteiger partial charge in [-0.15, -0.1) is 0 Å². The Bertz CT molecular complexity index is 699. The molecule has 0 spiro atoms. The lowest BCUT2D eigenvalue weighted by Crippen LogP contribution is -2.22. The van der Waals surface area contributed by atoms with Gasteiger partial charge in [0.05, 0.1) is 11.9 Å². The predicted octanol–water partition coefficient (Wildman–Crippen LogP) is 1.85. The summed E-state index contributed by atoms with van der Waals surface area (Å²) in [5.74, 6) is -0.783. The van der Waals surface area contributed by atoms with Gasteiger partial charge in [0.1, 0.15) is 10.7 Å². The minimum absolute atomic E-state index is 0.250. The molecular weight excluding hydrogens is 295 g/mol. The van der Waals surface area contributed by atoms with E-state index in [2.05, 4.69) is 20.2 Å². The monoisotopic (exact) mass is 312 g/mol. The van der Waals surface area contributed by atoms with E-state index in [-0.39, 0.29) is 11.7 Å². The SMILES string of the molecule is CC(C)NCc1ccc(S(=O)(=O)Nc2cn[nH]c2)c(F)c1. The lowest BCUT2D eigenvalue weighted by atomic mass is 10.2. The fraction of sp³-hybridized carbons (Fsp3) is 0.308. The van der Waals surface area contributed by atoms with E-state index in [9.17, 15) is 12.8 Å². The number of anilines is 1. The van der Waals surface area contributed by atoms with E-state index in [1.54, 1.807) is 6.07 Å². The molecule has 0 amide bonds. The molecule has 1 aromatic heterocycles. The van der Waals surface area contributed by atoms with Gasteiger partial charge in [-0.2, -0.15) is 5.10 Å². The second kappa shape index (κ2) is 6.23. The van der Waals surface area contributed by atoms with Gasteiger partial charge in [-0.1, -0.05) is 19.9 Å². The summed E-state index contributed by atoms with van der Waals surface area (Å²) in [6, 6.07) is 4.33. The number of sulfonamides is 1. The third kappa shape index (κ3) is 4.02. The van der Waals surface area contributed by atoms with Crippen LogP contribution in [-0.4, -0.2) is 24.7 Å². The molecule has 1 heterocycles. The predicted molar refractivity (Wildman–Crippen MR) is 77.8 cm³/mol. The van der Waals surface area contributed by atoms with Crippen LogP contribution in [0.15, 0.2) is 35.5 Å². The molecule has 0 fully saturated rings. The molecular formula is C13H17FN4O2S. The zero-order valence-electron chi connectivity index (χ0n) is 11.7. The Morgan fingerprint density at radius 3 is 2.71 bits per heavy atom. The summed E-state index contributed by atoms with van der Waals surface area (Å²) in [7, 11) is -3.97. The first-order valence-corrected chi connectivity index (χ1v) is 7.90. The fourth-order valence-corrected chi connectivity index (χ4v) is 2.81. The first-order chi connectivity index (χ1) is 9.88. The summed E-state index contributed by atoms with van der Waals surface area (Å²) in [5, 5.41) is 9.24. The van der Waals surface area contributed by atoms with Crippen LogP contribution in [0.2, 0.25) is 0 Å². The summed E-state index contributed by atoms with van der Waals surface area (Å²) >= 11 is 0. The zero-order valence-corrected chi connectivity index (χ0v) is 12.5. The Labute approximate surface area is 122 Å². The van der Waals surface area contributed by atoms with Gasteiger partial charge in [0, 0.05) is 18.8 Å². The second-order valence-electron chi connectivity index (χ2n) is 4.89. The van der Waals surface area contributed by atoms with Crippen molar-refractivity contribution in [3.05, 3.63) is 42.0 Å². The van der Waals surface area contributed by atoms with Gasteiger partial charge in [-0.3, -0.25) is 9.82 Å². The number of benzene rings is 1. The minimum Gasteiger partial charge on any atom is -0.310 e. The van der Waals surface area contributed by atoms with Crippen molar-refractivity contribution in [1.29, 1.82) is 0 Å². The van der Waals surface area contributed by atoms with Crippen molar-refractivity contribution in [2.24, 2.45) is 0 Å². The third-order valence-electron chi connectivity index (χ3n) is 2.75. The van der Waals surface area contributed by atoms with Crippen LogP contribution in [0.4, 0.5) is 10.1 Å². The maximum Gasteiger partial charge on any atom is 0.264 e. The first kappa shape index (κ1) is 15.5. The normalized spacial score (nSPS) is 11.8. The summed E-state index contributed by atoms with van der Waals surface area (Å²) < 4.78 is 40.5. The number of nitrogens with zero attached hydrogens (tertiary/aromatic N) is 1. The van der Waals surface area contributed by atoms with Gasteiger partial charge in [0.25, 0.3) is 10.0 Å². The maximum absolute atomic E-state index is 14.0. The Morgan fingerprint density at radius 1 is 1.38 bits per heavy atom. The van der Waals surface area contributed by atoms with Crippen molar-refractivity contribution < 1.29 is 12.8 Å². The largest absolute Gasteiger partial charge is 0.310 e. The summed E-state index contributed by atoms with van der Waals surface area (Å²) in [6.07, 6.45) is 2.67. The molecule has 0 aliphatic carbocycles. The molecule has 0 atom stereocenters. The molecule has 114 valence electrons. The number of nitrogens with one attached hydrogen (secondary N) is 3.